The summed E-state index contributed by atoms with van der Waals surface area (Å²) in [4.78, 5) is 25.5. The molecular formula is C13H9ClN2O4. The Hall–Kier alpha value is -2.47. The molecule has 0 saturated carbocycles. The van der Waals surface area contributed by atoms with Crippen LogP contribution in [-0.2, 0) is 0 Å². The lowest BCUT2D eigenvalue weighted by Gasteiger charge is -2.08. The van der Waals surface area contributed by atoms with Crippen molar-refractivity contribution in [3.8, 4) is 11.6 Å². The Kier molecular flexibility index (Phi) is 3.95. The minimum absolute atomic E-state index is 0.0688. The summed E-state index contributed by atoms with van der Waals surface area (Å²) in [5, 5.41) is 10.7. The maximum atomic E-state index is 11.4. The molecule has 0 amide bonds. The van der Waals surface area contributed by atoms with Gasteiger partial charge >= 0.3 is 0 Å². The van der Waals surface area contributed by atoms with E-state index in [4.69, 9.17) is 16.3 Å². The highest BCUT2D eigenvalue weighted by Crippen LogP contribution is 2.32. The van der Waals surface area contributed by atoms with Crippen molar-refractivity contribution in [2.24, 2.45) is 0 Å². The van der Waals surface area contributed by atoms with Crippen molar-refractivity contribution < 1.29 is 14.5 Å². The minimum Gasteiger partial charge on any atom is -0.437 e. The minimum atomic E-state index is -0.558. The number of aromatic nitrogens is 1. The first-order valence-electron chi connectivity index (χ1n) is 5.57. The first-order valence-corrected chi connectivity index (χ1v) is 5.94. The molecule has 0 bridgehead atoms. The Bertz CT molecular complexity index is 688. The van der Waals surface area contributed by atoms with Crippen LogP contribution in [0, 0.1) is 10.1 Å². The Labute approximate surface area is 119 Å². The maximum absolute atomic E-state index is 11.4. The van der Waals surface area contributed by atoms with Crippen LogP contribution in [0.25, 0.3) is 0 Å². The van der Waals surface area contributed by atoms with Crippen LogP contribution in [0.2, 0.25) is 5.02 Å². The molecule has 0 N–H and O–H groups in total. The van der Waals surface area contributed by atoms with Crippen LogP contribution in [0.3, 0.4) is 0 Å². The predicted octanol–water partition coefficient (Wildman–Crippen LogP) is 3.64. The van der Waals surface area contributed by atoms with Crippen LogP contribution in [0.15, 0.2) is 36.5 Å². The highest BCUT2D eigenvalue weighted by Gasteiger charge is 2.14. The van der Waals surface area contributed by atoms with E-state index in [1.165, 1.54) is 31.3 Å². The molecule has 2 aromatic rings. The number of hydrogen-bond acceptors (Lipinski definition) is 5. The molecule has 6 nitrogen and oxygen atoms in total. The van der Waals surface area contributed by atoms with Gasteiger partial charge < -0.3 is 4.74 Å². The summed E-state index contributed by atoms with van der Waals surface area (Å²) < 4.78 is 5.45. The van der Waals surface area contributed by atoms with E-state index in [1.807, 2.05) is 0 Å². The number of ketones is 1. The number of rotatable bonds is 4. The average Bonchev–Trinajstić information content (AvgIpc) is 2.41. The van der Waals surface area contributed by atoms with Gasteiger partial charge in [0, 0.05) is 18.3 Å². The van der Waals surface area contributed by atoms with E-state index in [0.717, 1.165) is 0 Å². The summed E-state index contributed by atoms with van der Waals surface area (Å²) in [6.45, 7) is 1.39. The zero-order valence-corrected chi connectivity index (χ0v) is 11.1. The first-order chi connectivity index (χ1) is 9.49. The SMILES string of the molecule is CC(=O)c1cccnc1Oc1ccc([N+](=O)[O-])cc1Cl. The van der Waals surface area contributed by atoms with Gasteiger partial charge in [0.2, 0.25) is 5.88 Å². The van der Waals surface area contributed by atoms with Gasteiger partial charge in [-0.2, -0.15) is 0 Å². The van der Waals surface area contributed by atoms with Gasteiger partial charge in [-0.1, -0.05) is 11.6 Å². The molecule has 1 aromatic heterocycles. The van der Waals surface area contributed by atoms with E-state index < -0.39 is 4.92 Å². The fourth-order valence-electron chi connectivity index (χ4n) is 1.53. The number of benzene rings is 1. The number of pyridine rings is 1. The van der Waals surface area contributed by atoms with Crippen molar-refractivity contribution in [3.63, 3.8) is 0 Å². The van der Waals surface area contributed by atoms with Crippen LogP contribution in [-0.4, -0.2) is 15.7 Å². The first kappa shape index (κ1) is 14.0. The van der Waals surface area contributed by atoms with Crippen molar-refractivity contribution in [1.82, 2.24) is 4.98 Å². The molecule has 0 radical (unpaired) electrons. The molecule has 0 unspecified atom stereocenters. The lowest BCUT2D eigenvalue weighted by molar-refractivity contribution is -0.384. The van der Waals surface area contributed by atoms with E-state index in [0.29, 0.717) is 5.56 Å². The van der Waals surface area contributed by atoms with Crippen LogP contribution in [0.5, 0.6) is 11.6 Å². The van der Waals surface area contributed by atoms with E-state index in [-0.39, 0.29) is 28.1 Å². The monoisotopic (exact) mass is 292 g/mol. The second kappa shape index (κ2) is 5.66. The molecule has 102 valence electrons. The molecule has 7 heteroatoms. The Morgan fingerprint density at radius 2 is 2.15 bits per heavy atom. The highest BCUT2D eigenvalue weighted by molar-refractivity contribution is 6.32. The molecule has 0 saturated heterocycles. The molecule has 0 atom stereocenters. The number of nitrogens with zero attached hydrogens (tertiary/aromatic N) is 2. The highest BCUT2D eigenvalue weighted by atomic mass is 35.5. The number of Topliss-reactive ketones (excluding diaryl/α,β-unsaturated/α-hetero) is 1. The second-order valence-corrected chi connectivity index (χ2v) is 4.29. The van der Waals surface area contributed by atoms with Crippen molar-refractivity contribution in [2.75, 3.05) is 0 Å². The third kappa shape index (κ3) is 2.92. The molecule has 1 heterocycles. The van der Waals surface area contributed by atoms with Crippen molar-refractivity contribution in [1.29, 1.82) is 0 Å². The second-order valence-electron chi connectivity index (χ2n) is 3.89. The molecule has 0 aliphatic heterocycles. The summed E-state index contributed by atoms with van der Waals surface area (Å²) in [6, 6.07) is 6.98. The third-order valence-corrected chi connectivity index (χ3v) is 2.78. The summed E-state index contributed by atoms with van der Waals surface area (Å²) in [7, 11) is 0. The molecule has 2 rings (SSSR count). The number of carbonyl (C=O) groups is 1. The van der Waals surface area contributed by atoms with Gasteiger partial charge in [-0.15, -0.1) is 0 Å². The Balaban J connectivity index is 2.36. The van der Waals surface area contributed by atoms with Crippen molar-refractivity contribution >= 4 is 23.1 Å². The lowest BCUT2D eigenvalue weighted by atomic mass is 10.2. The number of non-ortho nitro benzene ring substituents is 1. The summed E-state index contributed by atoms with van der Waals surface area (Å²) in [6.07, 6.45) is 1.47. The zero-order chi connectivity index (χ0) is 14.7. The number of nitro benzene ring substituents is 1. The average molecular weight is 293 g/mol. The van der Waals surface area contributed by atoms with Gasteiger partial charge in [-0.05, 0) is 25.1 Å². The smallest absolute Gasteiger partial charge is 0.271 e. The van der Waals surface area contributed by atoms with E-state index in [2.05, 4.69) is 4.98 Å². The molecule has 0 fully saturated rings. The normalized spacial score (nSPS) is 10.1. The van der Waals surface area contributed by atoms with E-state index in [1.54, 1.807) is 12.1 Å². The number of nitro groups is 1. The van der Waals surface area contributed by atoms with Crippen LogP contribution < -0.4 is 4.74 Å². The van der Waals surface area contributed by atoms with E-state index in [9.17, 15) is 14.9 Å². The molecule has 0 aliphatic carbocycles. The molecule has 0 aliphatic rings. The van der Waals surface area contributed by atoms with Crippen LogP contribution in [0.4, 0.5) is 5.69 Å². The topological polar surface area (TPSA) is 82.3 Å². The molecule has 0 spiro atoms. The van der Waals surface area contributed by atoms with Crippen LogP contribution >= 0.6 is 11.6 Å². The van der Waals surface area contributed by atoms with Gasteiger partial charge in [0.1, 0.15) is 5.75 Å². The fraction of sp³-hybridized carbons (Fsp3) is 0.0769. The Morgan fingerprint density at radius 3 is 2.75 bits per heavy atom. The Morgan fingerprint density at radius 1 is 1.40 bits per heavy atom. The van der Waals surface area contributed by atoms with Gasteiger partial charge in [0.15, 0.2) is 5.78 Å². The number of halogens is 1. The van der Waals surface area contributed by atoms with Crippen molar-refractivity contribution in [3.05, 3.63) is 57.2 Å². The third-order valence-electron chi connectivity index (χ3n) is 2.48. The zero-order valence-electron chi connectivity index (χ0n) is 10.4. The molecule has 20 heavy (non-hydrogen) atoms. The fourth-order valence-corrected chi connectivity index (χ4v) is 1.74. The van der Waals surface area contributed by atoms with Crippen molar-refractivity contribution in [2.45, 2.75) is 6.92 Å². The van der Waals surface area contributed by atoms with Gasteiger partial charge in [-0.3, -0.25) is 14.9 Å². The maximum Gasteiger partial charge on any atom is 0.271 e. The van der Waals surface area contributed by atoms with Crippen LogP contribution in [0.1, 0.15) is 17.3 Å². The standard InChI is InChI=1S/C13H9ClN2O4/c1-8(17)10-3-2-6-15-13(10)20-12-5-4-9(16(18)19)7-11(12)14/h2-7H,1H3. The van der Waals surface area contributed by atoms with Gasteiger partial charge in [0.05, 0.1) is 15.5 Å². The van der Waals surface area contributed by atoms with Gasteiger partial charge in [0.25, 0.3) is 5.69 Å². The molecular weight excluding hydrogens is 284 g/mol. The predicted molar refractivity (Wildman–Crippen MR) is 72.4 cm³/mol. The van der Waals surface area contributed by atoms with Gasteiger partial charge in [-0.25, -0.2) is 4.98 Å². The number of ether oxygens (including phenoxy) is 1. The largest absolute Gasteiger partial charge is 0.437 e. The summed E-state index contributed by atoms with van der Waals surface area (Å²) >= 11 is 5.91. The summed E-state index contributed by atoms with van der Waals surface area (Å²) in [5.41, 5.74) is 0.164. The quantitative estimate of drug-likeness (QED) is 0.488. The summed E-state index contributed by atoms with van der Waals surface area (Å²) in [5.74, 6) is 0.0975. The molecule has 1 aromatic carbocycles. The number of carbonyl (C=O) groups excluding carboxylic acids is 1. The van der Waals surface area contributed by atoms with E-state index >= 15 is 0 Å². The number of hydrogen-bond donors (Lipinski definition) is 0. The lowest BCUT2D eigenvalue weighted by Crippen LogP contribution is -1.99.